The highest BCUT2D eigenvalue weighted by Gasteiger charge is 2.24. The smallest absolute Gasteiger partial charge is 0.0443 e. The summed E-state index contributed by atoms with van der Waals surface area (Å²) in [5.41, 5.74) is 1.14. The fourth-order valence-corrected chi connectivity index (χ4v) is 2.17. The quantitative estimate of drug-likeness (QED) is 0.501. The van der Waals surface area contributed by atoms with Gasteiger partial charge in [-0.2, -0.15) is 0 Å². The van der Waals surface area contributed by atoms with E-state index in [1.54, 1.807) is 0 Å². The van der Waals surface area contributed by atoms with Crippen molar-refractivity contribution in [3.8, 4) is 0 Å². The lowest BCUT2D eigenvalue weighted by atomic mass is 9.97. The van der Waals surface area contributed by atoms with Crippen LogP contribution in [0.15, 0.2) is 12.2 Å². The van der Waals surface area contributed by atoms with E-state index in [0.29, 0.717) is 18.0 Å². The molecule has 0 aliphatic carbocycles. The Morgan fingerprint density at radius 1 is 1.38 bits per heavy atom. The Balaban J connectivity index is 2.48. The van der Waals surface area contributed by atoms with Crippen molar-refractivity contribution in [2.24, 2.45) is 0 Å². The SMILES string of the molecule is C=C(CCl)CN1[C@H](C)CCC[C@@H]1C. The van der Waals surface area contributed by atoms with E-state index in [9.17, 15) is 0 Å². The molecule has 0 aromatic rings. The van der Waals surface area contributed by atoms with Crippen LogP contribution in [0.25, 0.3) is 0 Å². The van der Waals surface area contributed by atoms with Gasteiger partial charge in [-0.15, -0.1) is 11.6 Å². The Labute approximate surface area is 86.8 Å². The number of alkyl halides is 1. The molecule has 0 radical (unpaired) electrons. The summed E-state index contributed by atoms with van der Waals surface area (Å²) in [4.78, 5) is 2.52. The van der Waals surface area contributed by atoms with Gasteiger partial charge in [0.15, 0.2) is 0 Å². The highest BCUT2D eigenvalue weighted by Crippen LogP contribution is 2.23. The van der Waals surface area contributed by atoms with E-state index in [1.807, 2.05) is 0 Å². The van der Waals surface area contributed by atoms with Crippen molar-refractivity contribution >= 4 is 11.6 Å². The lowest BCUT2D eigenvalue weighted by molar-refractivity contribution is 0.116. The van der Waals surface area contributed by atoms with Gasteiger partial charge in [-0.25, -0.2) is 0 Å². The minimum absolute atomic E-state index is 0.593. The van der Waals surface area contributed by atoms with Crippen molar-refractivity contribution < 1.29 is 0 Å². The summed E-state index contributed by atoms with van der Waals surface area (Å²) in [6.07, 6.45) is 4.01. The maximum atomic E-state index is 5.74. The van der Waals surface area contributed by atoms with E-state index in [1.165, 1.54) is 19.3 Å². The molecule has 1 aliphatic rings. The van der Waals surface area contributed by atoms with Gasteiger partial charge in [-0.3, -0.25) is 4.90 Å². The maximum absolute atomic E-state index is 5.74. The third-order valence-corrected chi connectivity index (χ3v) is 3.35. The average molecular weight is 202 g/mol. The van der Waals surface area contributed by atoms with E-state index < -0.39 is 0 Å². The highest BCUT2D eigenvalue weighted by atomic mass is 35.5. The highest BCUT2D eigenvalue weighted by molar-refractivity contribution is 6.19. The van der Waals surface area contributed by atoms with Crippen LogP contribution in [0.4, 0.5) is 0 Å². The topological polar surface area (TPSA) is 3.24 Å². The van der Waals surface area contributed by atoms with Gasteiger partial charge >= 0.3 is 0 Å². The van der Waals surface area contributed by atoms with Crippen LogP contribution in [0.5, 0.6) is 0 Å². The van der Waals surface area contributed by atoms with Crippen molar-refractivity contribution in [3.05, 3.63) is 12.2 Å². The number of halogens is 1. The molecular formula is C11H20ClN. The molecule has 2 heteroatoms. The molecule has 1 nitrogen and oxygen atoms in total. The lowest BCUT2D eigenvalue weighted by Gasteiger charge is -2.39. The predicted octanol–water partition coefficient (Wildman–Crippen LogP) is 3.04. The van der Waals surface area contributed by atoms with Crippen molar-refractivity contribution in [3.63, 3.8) is 0 Å². The van der Waals surface area contributed by atoms with Crippen LogP contribution in [0.1, 0.15) is 33.1 Å². The second-order valence-corrected chi connectivity index (χ2v) is 4.45. The molecule has 1 fully saturated rings. The van der Waals surface area contributed by atoms with Crippen LogP contribution in [-0.4, -0.2) is 29.4 Å². The monoisotopic (exact) mass is 201 g/mol. The third-order valence-electron chi connectivity index (χ3n) is 2.97. The molecule has 1 heterocycles. The van der Waals surface area contributed by atoms with Crippen LogP contribution >= 0.6 is 11.6 Å². The molecule has 0 bridgehead atoms. The molecule has 0 unspecified atom stereocenters. The fraction of sp³-hybridized carbons (Fsp3) is 0.818. The first-order valence-corrected chi connectivity index (χ1v) is 5.67. The summed E-state index contributed by atoms with van der Waals surface area (Å²) in [7, 11) is 0. The summed E-state index contributed by atoms with van der Waals surface area (Å²) in [5, 5.41) is 0. The number of piperidine rings is 1. The molecule has 0 N–H and O–H groups in total. The van der Waals surface area contributed by atoms with Crippen LogP contribution in [-0.2, 0) is 0 Å². The standard InChI is InChI=1S/C11H20ClN/c1-9(7-12)8-13-10(2)5-4-6-11(13)3/h10-11H,1,4-8H2,2-3H3/t10-,11+. The fourth-order valence-electron chi connectivity index (χ4n) is 2.09. The molecule has 0 spiro atoms. The summed E-state index contributed by atoms with van der Waals surface area (Å²) in [5.74, 6) is 0.593. The first-order chi connectivity index (χ1) is 6.15. The van der Waals surface area contributed by atoms with Crippen LogP contribution in [0.3, 0.4) is 0 Å². The maximum Gasteiger partial charge on any atom is 0.0443 e. The second-order valence-electron chi connectivity index (χ2n) is 4.18. The molecular weight excluding hydrogens is 182 g/mol. The van der Waals surface area contributed by atoms with Gasteiger partial charge in [0, 0.05) is 24.5 Å². The third kappa shape index (κ3) is 2.99. The first-order valence-electron chi connectivity index (χ1n) is 5.13. The van der Waals surface area contributed by atoms with Gasteiger partial charge in [0.25, 0.3) is 0 Å². The summed E-state index contributed by atoms with van der Waals surface area (Å²) < 4.78 is 0. The molecule has 0 aromatic carbocycles. The molecule has 76 valence electrons. The molecule has 0 aromatic heterocycles. The second kappa shape index (κ2) is 5.02. The summed E-state index contributed by atoms with van der Waals surface area (Å²) in [6.45, 7) is 9.55. The zero-order valence-electron chi connectivity index (χ0n) is 8.72. The van der Waals surface area contributed by atoms with Crippen LogP contribution in [0.2, 0.25) is 0 Å². The Hall–Kier alpha value is -0.0100. The number of hydrogen-bond acceptors (Lipinski definition) is 1. The van der Waals surface area contributed by atoms with Crippen molar-refractivity contribution in [1.29, 1.82) is 0 Å². The molecule has 2 atom stereocenters. The van der Waals surface area contributed by atoms with E-state index in [4.69, 9.17) is 11.6 Å². The van der Waals surface area contributed by atoms with Gasteiger partial charge in [-0.05, 0) is 32.3 Å². The number of nitrogens with zero attached hydrogens (tertiary/aromatic N) is 1. The zero-order chi connectivity index (χ0) is 9.84. The van der Waals surface area contributed by atoms with E-state index in [-0.39, 0.29) is 0 Å². The Bertz CT molecular complexity index is 169. The minimum atomic E-state index is 0.593. The molecule has 1 rings (SSSR count). The zero-order valence-corrected chi connectivity index (χ0v) is 9.48. The Morgan fingerprint density at radius 3 is 2.38 bits per heavy atom. The Kier molecular flexibility index (Phi) is 4.27. The van der Waals surface area contributed by atoms with Crippen molar-refractivity contribution in [1.82, 2.24) is 4.90 Å². The first kappa shape index (κ1) is 11.1. The Morgan fingerprint density at radius 2 is 1.92 bits per heavy atom. The molecule has 0 saturated carbocycles. The molecule has 1 saturated heterocycles. The number of hydrogen-bond donors (Lipinski definition) is 0. The number of likely N-dealkylation sites (tertiary alicyclic amines) is 1. The number of rotatable bonds is 3. The normalized spacial score (nSPS) is 30.4. The molecule has 0 amide bonds. The average Bonchev–Trinajstić information content (AvgIpc) is 2.11. The minimum Gasteiger partial charge on any atom is -0.294 e. The van der Waals surface area contributed by atoms with E-state index >= 15 is 0 Å². The van der Waals surface area contributed by atoms with E-state index in [0.717, 1.165) is 12.1 Å². The summed E-state index contributed by atoms with van der Waals surface area (Å²) in [6, 6.07) is 1.40. The van der Waals surface area contributed by atoms with Gasteiger partial charge in [0.2, 0.25) is 0 Å². The van der Waals surface area contributed by atoms with Crippen molar-refractivity contribution in [2.75, 3.05) is 12.4 Å². The van der Waals surface area contributed by atoms with Crippen LogP contribution in [0, 0.1) is 0 Å². The molecule has 1 aliphatic heterocycles. The summed E-state index contributed by atoms with van der Waals surface area (Å²) >= 11 is 5.74. The predicted molar refractivity (Wildman–Crippen MR) is 59.3 cm³/mol. The van der Waals surface area contributed by atoms with Crippen LogP contribution < -0.4 is 0 Å². The van der Waals surface area contributed by atoms with Crippen molar-refractivity contribution in [2.45, 2.75) is 45.2 Å². The van der Waals surface area contributed by atoms with Gasteiger partial charge < -0.3 is 0 Å². The lowest BCUT2D eigenvalue weighted by Crippen LogP contribution is -2.44. The van der Waals surface area contributed by atoms with Gasteiger partial charge in [0.05, 0.1) is 0 Å². The van der Waals surface area contributed by atoms with Gasteiger partial charge in [0.1, 0.15) is 0 Å². The van der Waals surface area contributed by atoms with E-state index in [2.05, 4.69) is 25.3 Å². The molecule has 13 heavy (non-hydrogen) atoms. The largest absolute Gasteiger partial charge is 0.294 e. The van der Waals surface area contributed by atoms with Gasteiger partial charge in [-0.1, -0.05) is 13.0 Å².